The van der Waals surface area contributed by atoms with E-state index in [0.29, 0.717) is 5.88 Å². The molecule has 1 aliphatic rings. The van der Waals surface area contributed by atoms with Gasteiger partial charge in [-0.1, -0.05) is 0 Å². The summed E-state index contributed by atoms with van der Waals surface area (Å²) >= 11 is 9.29. The molecule has 2 rings (SSSR count). The molecule has 1 fully saturated rings. The Morgan fingerprint density at radius 1 is 1.67 bits per heavy atom. The minimum absolute atomic E-state index is 0.125. The maximum absolute atomic E-state index is 5.80. The van der Waals surface area contributed by atoms with Gasteiger partial charge < -0.3 is 9.64 Å². The van der Waals surface area contributed by atoms with Crippen LogP contribution in [0.3, 0.4) is 0 Å². The second-order valence-corrected chi connectivity index (χ2v) is 4.58. The number of pyridine rings is 1. The molecule has 0 N–H and O–H groups in total. The Labute approximate surface area is 103 Å². The van der Waals surface area contributed by atoms with Crippen LogP contribution in [0.25, 0.3) is 0 Å². The maximum atomic E-state index is 5.80. The molecule has 1 saturated heterocycles. The van der Waals surface area contributed by atoms with E-state index in [0.717, 1.165) is 29.9 Å². The summed E-state index contributed by atoms with van der Waals surface area (Å²) in [5.74, 6) is 0.541. The molecule has 2 heterocycles. The van der Waals surface area contributed by atoms with E-state index >= 15 is 0 Å². The molecular weight excluding hydrogens is 279 g/mol. The van der Waals surface area contributed by atoms with Crippen molar-refractivity contribution < 1.29 is 4.74 Å². The lowest BCUT2D eigenvalue weighted by atomic mass is 10.2. The van der Waals surface area contributed by atoms with Gasteiger partial charge in [0.15, 0.2) is 0 Å². The fourth-order valence-corrected chi connectivity index (χ4v) is 2.34. The number of halogens is 2. The summed E-state index contributed by atoms with van der Waals surface area (Å²) in [6.45, 7) is 2.47. The van der Waals surface area contributed by atoms with Crippen LogP contribution in [0.5, 0.6) is 0 Å². The van der Waals surface area contributed by atoms with Crippen molar-refractivity contribution in [2.24, 2.45) is 0 Å². The van der Waals surface area contributed by atoms with E-state index in [1.807, 2.05) is 6.07 Å². The summed E-state index contributed by atoms with van der Waals surface area (Å²) in [6.07, 6.45) is 3.73. The topological polar surface area (TPSA) is 25.4 Å². The molecule has 1 aliphatic heterocycles. The van der Waals surface area contributed by atoms with Gasteiger partial charge in [-0.3, -0.25) is 4.98 Å². The molecule has 1 aromatic rings. The highest BCUT2D eigenvalue weighted by Crippen LogP contribution is 2.26. The van der Waals surface area contributed by atoms with Gasteiger partial charge in [0.05, 0.1) is 28.8 Å². The molecule has 1 unspecified atom stereocenters. The second-order valence-electron chi connectivity index (χ2n) is 3.42. The Morgan fingerprint density at radius 2 is 2.53 bits per heavy atom. The zero-order valence-corrected chi connectivity index (χ0v) is 10.5. The van der Waals surface area contributed by atoms with Crippen molar-refractivity contribution in [3.05, 3.63) is 22.9 Å². The maximum Gasteiger partial charge on any atom is 0.0885 e. The van der Waals surface area contributed by atoms with Crippen molar-refractivity contribution in [1.82, 2.24) is 4.98 Å². The highest BCUT2D eigenvalue weighted by molar-refractivity contribution is 9.10. The van der Waals surface area contributed by atoms with Crippen LogP contribution in [-0.4, -0.2) is 36.7 Å². The summed E-state index contributed by atoms with van der Waals surface area (Å²) in [6, 6.07) is 2.00. The Balaban J connectivity index is 2.13. The summed E-state index contributed by atoms with van der Waals surface area (Å²) in [7, 11) is 0. The molecule has 3 nitrogen and oxygen atoms in total. The fourth-order valence-electron chi connectivity index (χ4n) is 1.66. The van der Waals surface area contributed by atoms with Gasteiger partial charge in [-0.05, 0) is 22.0 Å². The number of rotatable bonds is 2. The van der Waals surface area contributed by atoms with Gasteiger partial charge in [0.1, 0.15) is 0 Å². The van der Waals surface area contributed by atoms with Crippen molar-refractivity contribution in [2.75, 3.05) is 30.5 Å². The van der Waals surface area contributed by atoms with Crippen LogP contribution in [0.2, 0.25) is 0 Å². The van der Waals surface area contributed by atoms with Gasteiger partial charge in [0.25, 0.3) is 0 Å². The lowest BCUT2D eigenvalue weighted by molar-refractivity contribution is 0.0554. The Kier molecular flexibility index (Phi) is 3.83. The van der Waals surface area contributed by atoms with Crippen molar-refractivity contribution in [1.29, 1.82) is 0 Å². The van der Waals surface area contributed by atoms with Crippen LogP contribution in [0.1, 0.15) is 0 Å². The Hall–Kier alpha value is -0.320. The minimum atomic E-state index is 0.125. The summed E-state index contributed by atoms with van der Waals surface area (Å²) in [5, 5.41) is 0. The number of alkyl halides is 1. The lowest BCUT2D eigenvalue weighted by Crippen LogP contribution is -2.43. The standard InChI is InChI=1S/C10H12BrClN2O/c11-9-6-13-2-1-10(9)14-3-4-15-8(5-12)7-14/h1-2,6,8H,3-5,7H2. The van der Waals surface area contributed by atoms with Crippen LogP contribution in [-0.2, 0) is 4.74 Å². The SMILES string of the molecule is ClCC1CN(c2ccncc2Br)CCO1. The first-order valence-electron chi connectivity index (χ1n) is 4.83. The predicted octanol–water partition coefficient (Wildman–Crippen LogP) is 2.29. The molecular formula is C10H12BrClN2O. The van der Waals surface area contributed by atoms with Crippen molar-refractivity contribution in [3.63, 3.8) is 0 Å². The second kappa shape index (κ2) is 5.14. The third-order valence-corrected chi connectivity index (χ3v) is 3.36. The number of anilines is 1. The summed E-state index contributed by atoms with van der Waals surface area (Å²) < 4.78 is 6.53. The zero-order valence-electron chi connectivity index (χ0n) is 8.20. The van der Waals surface area contributed by atoms with Crippen LogP contribution >= 0.6 is 27.5 Å². The van der Waals surface area contributed by atoms with Crippen LogP contribution in [0, 0.1) is 0 Å². The molecule has 0 aliphatic carbocycles. The smallest absolute Gasteiger partial charge is 0.0885 e. The number of nitrogens with zero attached hydrogens (tertiary/aromatic N) is 2. The van der Waals surface area contributed by atoms with Crippen LogP contribution < -0.4 is 4.90 Å². The highest BCUT2D eigenvalue weighted by atomic mass is 79.9. The first-order chi connectivity index (χ1) is 7.31. The van der Waals surface area contributed by atoms with Gasteiger partial charge in [0, 0.05) is 25.5 Å². The highest BCUT2D eigenvalue weighted by Gasteiger charge is 2.20. The first kappa shape index (κ1) is 11.2. The normalized spacial score (nSPS) is 21.7. The monoisotopic (exact) mass is 290 g/mol. The molecule has 0 bridgehead atoms. The molecule has 0 saturated carbocycles. The van der Waals surface area contributed by atoms with E-state index < -0.39 is 0 Å². The van der Waals surface area contributed by atoms with Crippen LogP contribution in [0.4, 0.5) is 5.69 Å². The molecule has 1 atom stereocenters. The Morgan fingerprint density at radius 3 is 3.27 bits per heavy atom. The molecule has 15 heavy (non-hydrogen) atoms. The molecule has 0 amide bonds. The molecule has 82 valence electrons. The largest absolute Gasteiger partial charge is 0.373 e. The van der Waals surface area contributed by atoms with Gasteiger partial charge >= 0.3 is 0 Å². The average Bonchev–Trinajstić information content (AvgIpc) is 2.30. The number of aromatic nitrogens is 1. The van der Waals surface area contributed by atoms with E-state index in [2.05, 4.69) is 25.8 Å². The van der Waals surface area contributed by atoms with Gasteiger partial charge in [-0.2, -0.15) is 0 Å². The van der Waals surface area contributed by atoms with E-state index in [-0.39, 0.29) is 6.10 Å². The van der Waals surface area contributed by atoms with E-state index in [1.54, 1.807) is 12.4 Å². The Bertz CT molecular complexity index is 337. The third-order valence-electron chi connectivity index (χ3n) is 2.40. The number of morpholine rings is 1. The zero-order chi connectivity index (χ0) is 10.7. The molecule has 0 aromatic carbocycles. The molecule has 0 spiro atoms. The first-order valence-corrected chi connectivity index (χ1v) is 6.16. The third kappa shape index (κ3) is 2.62. The number of ether oxygens (including phenoxy) is 1. The van der Waals surface area contributed by atoms with E-state index in [1.165, 1.54) is 0 Å². The van der Waals surface area contributed by atoms with Gasteiger partial charge in [0.2, 0.25) is 0 Å². The van der Waals surface area contributed by atoms with Crippen LogP contribution in [0.15, 0.2) is 22.9 Å². The van der Waals surface area contributed by atoms with Crippen molar-refractivity contribution in [3.8, 4) is 0 Å². The van der Waals surface area contributed by atoms with Gasteiger partial charge in [-0.25, -0.2) is 0 Å². The van der Waals surface area contributed by atoms with E-state index in [4.69, 9.17) is 16.3 Å². The minimum Gasteiger partial charge on any atom is -0.373 e. The molecule has 1 aromatic heterocycles. The fraction of sp³-hybridized carbons (Fsp3) is 0.500. The molecule has 5 heteroatoms. The van der Waals surface area contributed by atoms with Gasteiger partial charge in [-0.15, -0.1) is 11.6 Å². The summed E-state index contributed by atoms with van der Waals surface area (Å²) in [5.41, 5.74) is 1.16. The number of hydrogen-bond donors (Lipinski definition) is 0. The quantitative estimate of drug-likeness (QED) is 0.782. The van der Waals surface area contributed by atoms with E-state index in [9.17, 15) is 0 Å². The number of hydrogen-bond acceptors (Lipinski definition) is 3. The predicted molar refractivity (Wildman–Crippen MR) is 64.6 cm³/mol. The lowest BCUT2D eigenvalue weighted by Gasteiger charge is -2.34. The average molecular weight is 292 g/mol. The summed E-state index contributed by atoms with van der Waals surface area (Å²) in [4.78, 5) is 6.31. The van der Waals surface area contributed by atoms with Crippen molar-refractivity contribution in [2.45, 2.75) is 6.10 Å². The van der Waals surface area contributed by atoms with Crippen molar-refractivity contribution >= 4 is 33.2 Å². The molecule has 0 radical (unpaired) electrons.